The van der Waals surface area contributed by atoms with Crippen LogP contribution >= 0.6 is 22.9 Å². The monoisotopic (exact) mass is 297 g/mol. The molecule has 0 saturated carbocycles. The molecular formula is C15H17ClFNS. The van der Waals surface area contributed by atoms with Crippen LogP contribution in [-0.4, -0.2) is 6.54 Å². The molecule has 1 nitrogen and oxygen atoms in total. The smallest absolute Gasteiger partial charge is 0.142 e. The highest BCUT2D eigenvalue weighted by molar-refractivity contribution is 7.12. The van der Waals surface area contributed by atoms with E-state index in [9.17, 15) is 4.39 Å². The molecule has 2 rings (SSSR count). The van der Waals surface area contributed by atoms with Gasteiger partial charge in [-0.25, -0.2) is 4.39 Å². The van der Waals surface area contributed by atoms with Gasteiger partial charge in [-0.1, -0.05) is 24.6 Å². The van der Waals surface area contributed by atoms with Crippen molar-refractivity contribution in [1.29, 1.82) is 0 Å². The zero-order chi connectivity index (χ0) is 14.0. The lowest BCUT2D eigenvalue weighted by Gasteiger charge is -2.19. The van der Waals surface area contributed by atoms with E-state index in [-0.39, 0.29) is 16.9 Å². The van der Waals surface area contributed by atoms with Crippen LogP contribution in [0.4, 0.5) is 4.39 Å². The number of hydrogen-bond donors (Lipinski definition) is 1. The predicted octanol–water partition coefficient (Wildman–Crippen LogP) is 4.86. The van der Waals surface area contributed by atoms with E-state index in [2.05, 4.69) is 25.2 Å². The maximum atomic E-state index is 13.6. The first-order chi connectivity index (χ1) is 9.02. The Bertz CT molecular complexity index is 580. The van der Waals surface area contributed by atoms with Gasteiger partial charge in [0.25, 0.3) is 0 Å². The first-order valence-corrected chi connectivity index (χ1v) is 7.47. The summed E-state index contributed by atoms with van der Waals surface area (Å²) >= 11 is 7.52. The van der Waals surface area contributed by atoms with Gasteiger partial charge < -0.3 is 5.32 Å². The molecule has 0 radical (unpaired) electrons. The van der Waals surface area contributed by atoms with E-state index in [4.69, 9.17) is 11.6 Å². The van der Waals surface area contributed by atoms with Gasteiger partial charge in [-0.2, -0.15) is 0 Å². The second-order valence-corrected chi connectivity index (χ2v) is 6.40. The predicted molar refractivity (Wildman–Crippen MR) is 80.7 cm³/mol. The molecule has 4 heteroatoms. The highest BCUT2D eigenvalue weighted by atomic mass is 35.5. The topological polar surface area (TPSA) is 12.0 Å². The highest BCUT2D eigenvalue weighted by Gasteiger charge is 2.18. The first-order valence-electron chi connectivity index (χ1n) is 6.28. The molecule has 0 spiro atoms. The fourth-order valence-electron chi connectivity index (χ4n) is 2.24. The molecule has 1 aromatic heterocycles. The Balaban J connectivity index is 2.44. The van der Waals surface area contributed by atoms with Crippen molar-refractivity contribution in [2.24, 2.45) is 0 Å². The maximum absolute atomic E-state index is 13.6. The molecule has 0 aliphatic rings. The minimum absolute atomic E-state index is 0.0155. The van der Waals surface area contributed by atoms with Crippen molar-refractivity contribution in [2.75, 3.05) is 6.54 Å². The maximum Gasteiger partial charge on any atom is 0.142 e. The number of rotatable bonds is 4. The van der Waals surface area contributed by atoms with Crippen LogP contribution in [0.2, 0.25) is 5.02 Å². The third-order valence-corrected chi connectivity index (χ3v) is 4.36. The van der Waals surface area contributed by atoms with Crippen molar-refractivity contribution in [3.63, 3.8) is 0 Å². The molecule has 0 amide bonds. The van der Waals surface area contributed by atoms with Crippen LogP contribution in [0.25, 0.3) is 0 Å². The lowest BCUT2D eigenvalue weighted by Crippen LogP contribution is -2.22. The molecule has 0 fully saturated rings. The summed E-state index contributed by atoms with van der Waals surface area (Å²) in [5, 5.41) is 3.58. The number of thiophene rings is 1. The summed E-state index contributed by atoms with van der Waals surface area (Å²) in [6.45, 7) is 7.06. The van der Waals surface area contributed by atoms with Crippen molar-refractivity contribution < 1.29 is 4.39 Å². The fraction of sp³-hybridized carbons (Fsp3) is 0.333. The quantitative estimate of drug-likeness (QED) is 0.850. The Kier molecular flexibility index (Phi) is 4.61. The Morgan fingerprint density at radius 2 is 2.05 bits per heavy atom. The summed E-state index contributed by atoms with van der Waals surface area (Å²) in [6.07, 6.45) is 0. The lowest BCUT2D eigenvalue weighted by molar-refractivity contribution is 0.603. The van der Waals surface area contributed by atoms with E-state index in [1.165, 1.54) is 21.4 Å². The molecule has 1 unspecified atom stereocenters. The van der Waals surface area contributed by atoms with E-state index >= 15 is 0 Å². The molecule has 2 aromatic rings. The Labute approximate surface area is 122 Å². The molecule has 1 atom stereocenters. The Morgan fingerprint density at radius 1 is 1.32 bits per heavy atom. The second kappa shape index (κ2) is 6.04. The lowest BCUT2D eigenvalue weighted by atomic mass is 9.99. The van der Waals surface area contributed by atoms with Gasteiger partial charge in [0, 0.05) is 9.75 Å². The van der Waals surface area contributed by atoms with Crippen molar-refractivity contribution in [1.82, 2.24) is 5.32 Å². The molecule has 1 N–H and O–H groups in total. The van der Waals surface area contributed by atoms with Gasteiger partial charge >= 0.3 is 0 Å². The summed E-state index contributed by atoms with van der Waals surface area (Å²) in [5.74, 6) is -0.369. The third-order valence-electron chi connectivity index (χ3n) is 3.08. The van der Waals surface area contributed by atoms with Crippen LogP contribution < -0.4 is 5.32 Å². The van der Waals surface area contributed by atoms with Gasteiger partial charge in [-0.05, 0) is 49.7 Å². The number of aryl methyl sites for hydroxylation is 2. The standard InChI is InChI=1S/C15H17ClFNS/c1-4-18-15(12-7-9(2)19-10(12)3)11-5-6-13(16)14(17)8-11/h5-8,15,18H,4H2,1-3H3. The van der Waals surface area contributed by atoms with Gasteiger partial charge in [-0.3, -0.25) is 0 Å². The average Bonchev–Trinajstić information content (AvgIpc) is 2.69. The van der Waals surface area contributed by atoms with E-state index < -0.39 is 0 Å². The summed E-state index contributed by atoms with van der Waals surface area (Å²) in [4.78, 5) is 2.53. The zero-order valence-corrected chi connectivity index (χ0v) is 12.8. The van der Waals surface area contributed by atoms with Crippen molar-refractivity contribution >= 4 is 22.9 Å². The summed E-state index contributed by atoms with van der Waals surface area (Å²) < 4.78 is 13.6. The number of nitrogens with one attached hydrogen (secondary N) is 1. The van der Waals surface area contributed by atoms with Crippen LogP contribution in [0.15, 0.2) is 24.3 Å². The molecule has 1 heterocycles. The van der Waals surface area contributed by atoms with Crippen molar-refractivity contribution in [3.05, 3.63) is 56.0 Å². The molecule has 102 valence electrons. The highest BCUT2D eigenvalue weighted by Crippen LogP contribution is 2.31. The van der Waals surface area contributed by atoms with E-state index in [1.807, 2.05) is 13.0 Å². The summed E-state index contributed by atoms with van der Waals surface area (Å²) in [7, 11) is 0. The minimum atomic E-state index is -0.369. The Hall–Kier alpha value is -0.900. The molecule has 1 aromatic carbocycles. The van der Waals surface area contributed by atoms with Crippen LogP contribution in [-0.2, 0) is 0 Å². The van der Waals surface area contributed by atoms with Crippen molar-refractivity contribution in [3.8, 4) is 0 Å². The fourth-order valence-corrected chi connectivity index (χ4v) is 3.32. The largest absolute Gasteiger partial charge is 0.306 e. The van der Waals surface area contributed by atoms with Gasteiger partial charge in [0.05, 0.1) is 11.1 Å². The second-order valence-electron chi connectivity index (χ2n) is 4.53. The summed E-state index contributed by atoms with van der Waals surface area (Å²) in [5.41, 5.74) is 2.12. The van der Waals surface area contributed by atoms with E-state index in [1.54, 1.807) is 17.4 Å². The van der Waals surface area contributed by atoms with E-state index in [0.717, 1.165) is 12.1 Å². The normalized spacial score (nSPS) is 12.7. The molecule has 0 aliphatic carbocycles. The molecule has 0 bridgehead atoms. The van der Waals surface area contributed by atoms with Gasteiger partial charge in [-0.15, -0.1) is 11.3 Å². The molecule has 0 saturated heterocycles. The number of benzene rings is 1. The Morgan fingerprint density at radius 3 is 2.58 bits per heavy atom. The van der Waals surface area contributed by atoms with Crippen LogP contribution in [0.3, 0.4) is 0 Å². The average molecular weight is 298 g/mol. The SMILES string of the molecule is CCNC(c1ccc(Cl)c(F)c1)c1cc(C)sc1C. The van der Waals surface area contributed by atoms with Gasteiger partial charge in [0.15, 0.2) is 0 Å². The van der Waals surface area contributed by atoms with Gasteiger partial charge in [0.1, 0.15) is 5.82 Å². The summed E-state index contributed by atoms with van der Waals surface area (Å²) in [6, 6.07) is 7.19. The van der Waals surface area contributed by atoms with Crippen molar-refractivity contribution in [2.45, 2.75) is 26.8 Å². The van der Waals surface area contributed by atoms with Crippen LogP contribution in [0.1, 0.15) is 33.8 Å². The number of halogens is 2. The molecule has 19 heavy (non-hydrogen) atoms. The van der Waals surface area contributed by atoms with Gasteiger partial charge in [0.2, 0.25) is 0 Å². The van der Waals surface area contributed by atoms with E-state index in [0.29, 0.717) is 0 Å². The van der Waals surface area contributed by atoms with Crippen LogP contribution in [0.5, 0.6) is 0 Å². The third kappa shape index (κ3) is 3.16. The molecular weight excluding hydrogens is 281 g/mol. The number of hydrogen-bond acceptors (Lipinski definition) is 2. The zero-order valence-electron chi connectivity index (χ0n) is 11.3. The molecule has 0 aliphatic heterocycles. The first kappa shape index (κ1) is 14.5. The minimum Gasteiger partial charge on any atom is -0.306 e. The van der Waals surface area contributed by atoms with Crippen LogP contribution in [0, 0.1) is 19.7 Å².